The number of hydrogen-bond acceptors (Lipinski definition) is 5. The molecular formula is C17H16Cl2F3N7. The minimum atomic E-state index is -4.35. The number of hydrogen-bond donors (Lipinski definition) is 3. The molecule has 3 N–H and O–H groups in total. The van der Waals surface area contributed by atoms with Crippen LogP contribution in [0.2, 0.25) is 10.0 Å². The maximum atomic E-state index is 13.5. The molecule has 3 aromatic heterocycles. The summed E-state index contributed by atoms with van der Waals surface area (Å²) in [6, 6.07) is 0. The lowest BCUT2D eigenvalue weighted by Crippen LogP contribution is -2.43. The topological polar surface area (TPSA) is 95.3 Å². The van der Waals surface area contributed by atoms with Crippen LogP contribution in [0.5, 0.6) is 0 Å². The van der Waals surface area contributed by atoms with E-state index in [1.165, 1.54) is 18.7 Å². The zero-order valence-electron chi connectivity index (χ0n) is 14.9. The Morgan fingerprint density at radius 2 is 1.97 bits per heavy atom. The molecule has 4 rings (SSSR count). The lowest BCUT2D eigenvalue weighted by Gasteiger charge is -2.32. The molecular weight excluding hydrogens is 430 g/mol. The minimum Gasteiger partial charge on any atom is -0.337 e. The van der Waals surface area contributed by atoms with Crippen molar-refractivity contribution in [3.05, 3.63) is 45.6 Å². The number of imidazole rings is 1. The number of alkyl halides is 3. The second kappa shape index (κ2) is 7.58. The summed E-state index contributed by atoms with van der Waals surface area (Å²) >= 11 is 12.4. The predicted molar refractivity (Wildman–Crippen MR) is 101 cm³/mol. The Bertz CT molecular complexity index is 1090. The third kappa shape index (κ3) is 3.84. The maximum Gasteiger partial charge on any atom is 0.393 e. The summed E-state index contributed by atoms with van der Waals surface area (Å²) in [6.07, 6.45) is 0.226. The summed E-state index contributed by atoms with van der Waals surface area (Å²) in [7, 11) is 0. The first-order valence-electron chi connectivity index (χ1n) is 8.80. The Balaban J connectivity index is 1.79. The van der Waals surface area contributed by atoms with E-state index >= 15 is 0 Å². The number of rotatable bonds is 3. The fraction of sp³-hybridized carbons (Fsp3) is 0.412. The van der Waals surface area contributed by atoms with Gasteiger partial charge in [-0.05, 0) is 13.0 Å². The molecule has 0 spiro atoms. The molecule has 0 bridgehead atoms. The van der Waals surface area contributed by atoms with Gasteiger partial charge in [0.05, 0.1) is 28.8 Å². The van der Waals surface area contributed by atoms with Gasteiger partial charge in [-0.3, -0.25) is 10.4 Å². The van der Waals surface area contributed by atoms with Crippen LogP contribution in [0.25, 0.3) is 11.2 Å². The largest absolute Gasteiger partial charge is 0.393 e. The van der Waals surface area contributed by atoms with Crippen LogP contribution in [-0.2, 0) is 6.54 Å². The van der Waals surface area contributed by atoms with E-state index in [2.05, 4.69) is 25.3 Å². The fourth-order valence-electron chi connectivity index (χ4n) is 3.58. The van der Waals surface area contributed by atoms with E-state index in [0.29, 0.717) is 27.8 Å². The van der Waals surface area contributed by atoms with Gasteiger partial charge in [-0.2, -0.15) is 13.2 Å². The molecule has 0 radical (unpaired) electrons. The van der Waals surface area contributed by atoms with E-state index < -0.39 is 18.0 Å². The summed E-state index contributed by atoms with van der Waals surface area (Å²) in [5, 5.41) is 11.5. The van der Waals surface area contributed by atoms with Gasteiger partial charge in [0, 0.05) is 30.4 Å². The van der Waals surface area contributed by atoms with Crippen LogP contribution in [0.3, 0.4) is 0 Å². The second-order valence-corrected chi connectivity index (χ2v) is 7.69. The Labute approximate surface area is 172 Å². The Hall–Kier alpha value is -2.17. The van der Waals surface area contributed by atoms with Crippen molar-refractivity contribution in [3.63, 3.8) is 0 Å². The van der Waals surface area contributed by atoms with Gasteiger partial charge in [0.1, 0.15) is 11.3 Å². The van der Waals surface area contributed by atoms with E-state index in [1.54, 1.807) is 4.57 Å². The Kier molecular flexibility index (Phi) is 5.26. The van der Waals surface area contributed by atoms with Gasteiger partial charge in [-0.25, -0.2) is 9.97 Å². The number of nitrogens with zero attached hydrogens (tertiary/aromatic N) is 4. The molecule has 0 amide bonds. The Morgan fingerprint density at radius 1 is 1.24 bits per heavy atom. The van der Waals surface area contributed by atoms with Gasteiger partial charge < -0.3 is 14.9 Å². The van der Waals surface area contributed by atoms with Gasteiger partial charge >= 0.3 is 6.18 Å². The van der Waals surface area contributed by atoms with Gasteiger partial charge in [0.15, 0.2) is 11.1 Å². The summed E-state index contributed by atoms with van der Waals surface area (Å²) < 4.78 is 42.1. The average molecular weight is 446 g/mol. The average Bonchev–Trinajstić information content (AvgIpc) is 3.12. The quantitative estimate of drug-likeness (QED) is 0.576. The van der Waals surface area contributed by atoms with Gasteiger partial charge in [-0.15, -0.1) is 0 Å². The molecule has 7 nitrogen and oxygen atoms in total. The van der Waals surface area contributed by atoms with Crippen molar-refractivity contribution < 1.29 is 13.2 Å². The fourth-order valence-corrected chi connectivity index (χ4v) is 4.07. The van der Waals surface area contributed by atoms with E-state index in [0.717, 1.165) is 0 Å². The monoisotopic (exact) mass is 445 g/mol. The molecule has 2 unspecified atom stereocenters. The van der Waals surface area contributed by atoms with Crippen molar-refractivity contribution in [2.45, 2.75) is 25.1 Å². The first-order chi connectivity index (χ1) is 13.8. The van der Waals surface area contributed by atoms with Crippen molar-refractivity contribution in [1.82, 2.24) is 29.8 Å². The van der Waals surface area contributed by atoms with E-state index in [9.17, 15) is 13.2 Å². The molecule has 0 aromatic carbocycles. The highest BCUT2D eigenvalue weighted by molar-refractivity contribution is 6.35. The van der Waals surface area contributed by atoms with Crippen molar-refractivity contribution in [3.8, 4) is 0 Å². The third-order valence-electron chi connectivity index (χ3n) is 5.07. The van der Waals surface area contributed by atoms with E-state index in [4.69, 9.17) is 28.6 Å². The van der Waals surface area contributed by atoms with Gasteiger partial charge in [-0.1, -0.05) is 23.2 Å². The van der Waals surface area contributed by atoms with Crippen LogP contribution in [-0.4, -0.2) is 43.8 Å². The molecule has 2 atom stereocenters. The summed E-state index contributed by atoms with van der Waals surface area (Å²) in [6.45, 7) is 0.477. The maximum absolute atomic E-state index is 13.5. The molecule has 0 saturated carbocycles. The van der Waals surface area contributed by atoms with Crippen LogP contribution in [0.1, 0.15) is 23.7 Å². The van der Waals surface area contributed by atoms with Gasteiger partial charge in [0.25, 0.3) is 0 Å². The van der Waals surface area contributed by atoms with Crippen molar-refractivity contribution in [1.29, 1.82) is 5.41 Å². The summed E-state index contributed by atoms with van der Waals surface area (Å²) in [4.78, 5) is 15.3. The number of halogens is 5. The number of H-pyrrole nitrogens is 1. The Morgan fingerprint density at radius 3 is 2.66 bits per heavy atom. The molecule has 29 heavy (non-hydrogen) atoms. The highest BCUT2D eigenvalue weighted by Crippen LogP contribution is 2.40. The summed E-state index contributed by atoms with van der Waals surface area (Å²) in [5.41, 5.74) is 1.07. The molecule has 3 aromatic rings. The SMILES string of the molecule is N=c1ncn(Cc2c(Cl)cncc2Cl)c2nc(C3CCNCC3C(F)(F)F)[nH]c12. The lowest BCUT2D eigenvalue weighted by atomic mass is 9.85. The smallest absolute Gasteiger partial charge is 0.337 e. The second-order valence-electron chi connectivity index (χ2n) is 6.87. The summed E-state index contributed by atoms with van der Waals surface area (Å²) in [5.74, 6) is -2.19. The highest BCUT2D eigenvalue weighted by atomic mass is 35.5. The van der Waals surface area contributed by atoms with Crippen molar-refractivity contribution in [2.24, 2.45) is 5.92 Å². The van der Waals surface area contributed by atoms with Crippen LogP contribution >= 0.6 is 23.2 Å². The zero-order chi connectivity index (χ0) is 20.8. The number of pyridine rings is 1. The number of piperidine rings is 1. The number of aromatic amines is 1. The minimum absolute atomic E-state index is 0.0978. The molecule has 1 saturated heterocycles. The molecule has 1 aliphatic heterocycles. The van der Waals surface area contributed by atoms with Crippen LogP contribution in [0, 0.1) is 11.3 Å². The first-order valence-corrected chi connectivity index (χ1v) is 9.56. The normalized spacial score (nSPS) is 20.3. The lowest BCUT2D eigenvalue weighted by molar-refractivity contribution is -0.183. The number of aromatic nitrogens is 5. The molecule has 4 heterocycles. The van der Waals surface area contributed by atoms with Crippen LogP contribution in [0.4, 0.5) is 13.2 Å². The highest BCUT2D eigenvalue weighted by Gasteiger charge is 2.47. The van der Waals surface area contributed by atoms with Crippen molar-refractivity contribution in [2.75, 3.05) is 13.1 Å². The van der Waals surface area contributed by atoms with Crippen molar-refractivity contribution >= 4 is 34.4 Å². The number of nitrogens with one attached hydrogen (secondary N) is 3. The zero-order valence-corrected chi connectivity index (χ0v) is 16.4. The van der Waals surface area contributed by atoms with Crippen LogP contribution < -0.4 is 10.8 Å². The van der Waals surface area contributed by atoms with Gasteiger partial charge in [0.2, 0.25) is 0 Å². The van der Waals surface area contributed by atoms with E-state index in [-0.39, 0.29) is 36.3 Å². The molecule has 1 fully saturated rings. The number of fused-ring (bicyclic) bond motifs is 1. The standard InChI is InChI=1S/C17H16Cl2F3N7/c18-11-4-25-5-12(19)9(11)6-29-7-26-14(23)13-16(29)28-15(27-13)8-1-2-24-3-10(8)17(20,21)22/h4-5,7-8,10,23-24H,1-3,6H2,(H,27,28). The molecule has 12 heteroatoms. The first kappa shape index (κ1) is 20.1. The van der Waals surface area contributed by atoms with Crippen LogP contribution in [0.15, 0.2) is 18.7 Å². The molecule has 154 valence electrons. The predicted octanol–water partition coefficient (Wildman–Crippen LogP) is 3.24. The molecule has 1 aliphatic rings. The third-order valence-corrected chi connectivity index (χ3v) is 5.72. The molecule has 0 aliphatic carbocycles. The van der Waals surface area contributed by atoms with E-state index in [1.807, 2.05) is 0 Å².